The quantitative estimate of drug-likeness (QED) is 0.725. The summed E-state index contributed by atoms with van der Waals surface area (Å²) in [6.45, 7) is -7.62. The zero-order chi connectivity index (χ0) is 26.0. The second kappa shape index (κ2) is 5.60. The van der Waals surface area contributed by atoms with E-state index in [1.54, 1.807) is 0 Å². The van der Waals surface area contributed by atoms with Gasteiger partial charge in [0.25, 0.3) is 0 Å². The first-order valence-corrected chi connectivity index (χ1v) is 5.47. The predicted octanol–water partition coefficient (Wildman–Crippen LogP) is 0.736. The number of hydrogen-bond donors (Lipinski definition) is 1. The van der Waals surface area contributed by atoms with Gasteiger partial charge in [0, 0.05) is 11.6 Å². The van der Waals surface area contributed by atoms with Gasteiger partial charge < -0.3 is 5.11 Å². The van der Waals surface area contributed by atoms with Gasteiger partial charge in [-0.05, 0) is 6.04 Å². The average molecular weight is 318 g/mol. The average Bonchev–Trinajstić information content (AvgIpc) is 3.28. The highest BCUT2D eigenvalue weighted by molar-refractivity contribution is 5.25. The lowest BCUT2D eigenvalue weighted by molar-refractivity contribution is -0.00855. The van der Waals surface area contributed by atoms with E-state index < -0.39 is 79.1 Å². The summed E-state index contributed by atoms with van der Waals surface area (Å²) in [5.74, 6) is -3.95. The highest BCUT2D eigenvalue weighted by Gasteiger charge is 2.34. The highest BCUT2D eigenvalue weighted by atomic mass is 19.1. The maximum atomic E-state index is 15.3. The smallest absolute Gasteiger partial charge is 0.212 e. The van der Waals surface area contributed by atoms with Crippen LogP contribution in [0.3, 0.4) is 0 Å². The lowest BCUT2D eigenvalue weighted by Gasteiger charge is -2.28. The molecule has 9 heteroatoms. The molecule has 7 nitrogen and oxygen atoms in total. The van der Waals surface area contributed by atoms with Gasteiger partial charge in [0.15, 0.2) is 0 Å². The van der Waals surface area contributed by atoms with Crippen molar-refractivity contribution in [3.05, 3.63) is 60.5 Å². The van der Waals surface area contributed by atoms with Crippen molar-refractivity contribution >= 4 is 0 Å². The fourth-order valence-corrected chi connectivity index (χ4v) is 1.46. The molecule has 0 saturated carbocycles. The number of halogens is 2. The van der Waals surface area contributed by atoms with Crippen LogP contribution in [0.15, 0.2) is 43.3 Å². The van der Waals surface area contributed by atoms with E-state index >= 15 is 4.39 Å². The van der Waals surface area contributed by atoms with E-state index in [2.05, 4.69) is 25.3 Å². The summed E-state index contributed by atoms with van der Waals surface area (Å²) in [5, 5.41) is 10.9. The molecule has 22 heavy (non-hydrogen) atoms. The van der Waals surface area contributed by atoms with Crippen molar-refractivity contribution in [1.82, 2.24) is 29.5 Å². The van der Waals surface area contributed by atoms with Gasteiger partial charge in [-0.15, -0.1) is 0 Å². The maximum Gasteiger partial charge on any atom is 0.212 e. The van der Waals surface area contributed by atoms with Crippen molar-refractivity contribution in [1.29, 1.82) is 1.43 Å². The SMILES string of the molecule is [2H]OC(c1c([2H])c([2H])c(F)c([2H])c1F)(C([2H])([2H])n1nc([2H])nc1[2H])C([2H])([2H])n1nc([2H])nc1[2H]. The molecule has 0 radical (unpaired) electrons. The number of benzene rings is 1. The monoisotopic (exact) mass is 318 g/mol. The molecule has 0 aliphatic rings. The van der Waals surface area contributed by atoms with Crippen LogP contribution < -0.4 is 0 Å². The zero-order valence-electron chi connectivity index (χ0n) is 22.3. The Bertz CT molecular complexity index is 1190. The molecule has 114 valence electrons. The molecule has 3 aromatic rings. The molecule has 0 aliphatic heterocycles. The molecule has 0 aliphatic carbocycles. The highest BCUT2D eigenvalue weighted by Crippen LogP contribution is 2.28. The van der Waals surface area contributed by atoms with E-state index in [1.165, 1.54) is 0 Å². The van der Waals surface area contributed by atoms with E-state index in [9.17, 15) is 4.39 Å². The molecular formula is C13H12F2N6O. The van der Waals surface area contributed by atoms with Crippen LogP contribution >= 0.6 is 0 Å². The first kappa shape index (κ1) is 5.84. The molecule has 0 fully saturated rings. The second-order valence-electron chi connectivity index (χ2n) is 3.73. The number of nitrogens with zero attached hydrogens (tertiary/aromatic N) is 6. The van der Waals surface area contributed by atoms with E-state index in [0.717, 1.165) is 0 Å². The maximum absolute atomic E-state index is 15.3. The van der Waals surface area contributed by atoms with Crippen molar-refractivity contribution in [3.8, 4) is 0 Å². The van der Waals surface area contributed by atoms with Crippen LogP contribution in [0.5, 0.6) is 0 Å². The molecular weight excluding hydrogens is 294 g/mol. The summed E-state index contributed by atoms with van der Waals surface area (Å²) in [5.41, 5.74) is -5.59. The van der Waals surface area contributed by atoms with E-state index in [0.29, 0.717) is 0 Å². The third-order valence-corrected chi connectivity index (χ3v) is 2.29. The third kappa shape index (κ3) is 2.84. The molecule has 0 bridgehead atoms. The first-order chi connectivity index (χ1) is 15.6. The van der Waals surface area contributed by atoms with Crippen LogP contribution in [0, 0.1) is 11.6 Å². The minimum atomic E-state index is -3.92. The Hall–Kier alpha value is -2.68. The Balaban J connectivity index is 2.60. The summed E-state index contributed by atoms with van der Waals surface area (Å²) < 4.78 is 125. The van der Waals surface area contributed by atoms with Crippen LogP contribution in [0.2, 0.25) is 0 Å². The van der Waals surface area contributed by atoms with Crippen molar-refractivity contribution in [2.45, 2.75) is 18.6 Å². The van der Waals surface area contributed by atoms with Crippen molar-refractivity contribution in [3.63, 3.8) is 0 Å². The summed E-state index contributed by atoms with van der Waals surface area (Å²) in [6, 6.07) is -4.71. The van der Waals surface area contributed by atoms with Gasteiger partial charge in [0.05, 0.1) is 22.6 Å². The Morgan fingerprint density at radius 1 is 1.18 bits per heavy atom. The minimum absolute atomic E-state index is 0.0979. The number of aliphatic hydroxyl groups is 1. The number of rotatable bonds is 6. The van der Waals surface area contributed by atoms with Crippen LogP contribution in [-0.4, -0.2) is 36.1 Å². The molecule has 0 unspecified atom stereocenters. The minimum Gasteiger partial charge on any atom is -0.381 e. The third-order valence-electron chi connectivity index (χ3n) is 2.29. The van der Waals surface area contributed by atoms with Gasteiger partial charge in [-0.25, -0.2) is 28.1 Å². The Morgan fingerprint density at radius 2 is 1.82 bits per heavy atom. The summed E-state index contributed by atoms with van der Waals surface area (Å²) in [6.07, 6.45) is -4.22. The molecule has 3 rings (SSSR count). The van der Waals surface area contributed by atoms with Crippen LogP contribution in [-0.2, 0) is 18.6 Å². The van der Waals surface area contributed by atoms with Crippen LogP contribution in [0.25, 0.3) is 0 Å². The van der Waals surface area contributed by atoms with Crippen LogP contribution in [0.1, 0.15) is 20.6 Å². The van der Waals surface area contributed by atoms with Gasteiger partial charge in [0.2, 0.25) is 1.43 Å². The Labute approximate surface area is 140 Å². The summed E-state index contributed by atoms with van der Waals surface area (Å²) in [4.78, 5) is 6.44. The molecule has 1 aromatic carbocycles. The summed E-state index contributed by atoms with van der Waals surface area (Å²) in [7, 11) is 0. The topological polar surface area (TPSA) is 81.6 Å². The van der Waals surface area contributed by atoms with Crippen LogP contribution in [0.4, 0.5) is 8.78 Å². The summed E-state index contributed by atoms with van der Waals surface area (Å²) >= 11 is 0. The van der Waals surface area contributed by atoms with Gasteiger partial charge in [-0.2, -0.15) is 10.2 Å². The molecule has 1 N–H and O–H groups in total. The Morgan fingerprint density at radius 3 is 2.32 bits per heavy atom. The largest absolute Gasteiger partial charge is 0.381 e. The van der Waals surface area contributed by atoms with Crippen molar-refractivity contribution in [2.75, 3.05) is 0 Å². The lowest BCUT2D eigenvalue weighted by atomic mass is 9.93. The van der Waals surface area contributed by atoms with E-state index in [4.69, 9.17) is 16.5 Å². The fourth-order valence-electron chi connectivity index (χ4n) is 1.46. The molecule has 0 spiro atoms. The Kier molecular flexibility index (Phi) is 1.49. The second-order valence-corrected chi connectivity index (χ2v) is 3.73. The van der Waals surface area contributed by atoms with E-state index in [1.807, 2.05) is 0 Å². The van der Waals surface area contributed by atoms with Gasteiger partial charge in [-0.1, -0.05) is 6.04 Å². The van der Waals surface area contributed by atoms with Crippen molar-refractivity contribution in [2.24, 2.45) is 0 Å². The normalized spacial score (nSPS) is 20.8. The molecule has 0 atom stereocenters. The number of aromatic nitrogens is 6. The molecule has 2 aromatic heterocycles. The first-order valence-electron chi connectivity index (χ1n) is 11.4. The fraction of sp³-hybridized carbons (Fsp3) is 0.231. The van der Waals surface area contributed by atoms with E-state index in [-0.39, 0.29) is 9.36 Å². The zero-order valence-corrected chi connectivity index (χ0v) is 10.3. The van der Waals surface area contributed by atoms with Crippen molar-refractivity contribution < 1.29 is 29.0 Å². The van der Waals surface area contributed by atoms with Gasteiger partial charge >= 0.3 is 0 Å². The van der Waals surface area contributed by atoms with Gasteiger partial charge in [-0.3, -0.25) is 0 Å². The molecule has 0 amide bonds. The van der Waals surface area contributed by atoms with Gasteiger partial charge in [0.1, 0.15) is 47.9 Å². The standard InChI is InChI=1S/C13H12F2N6O/c14-10-1-2-11(12(15)3-10)13(22,4-20-8-16-6-18-20)5-21-9-17-7-19-21/h1-3,6-9,22H,4-5H2/i1D,2D,3D,4D2,5D2,6D,7D,8D,9D,22D. The molecule has 0 saturated heterocycles. The predicted molar refractivity (Wildman–Crippen MR) is 70.3 cm³/mol. The lowest BCUT2D eigenvalue weighted by Crippen LogP contribution is -2.37. The number of hydrogen-bond acceptors (Lipinski definition) is 5. The molecule has 2 heterocycles.